The van der Waals surface area contributed by atoms with E-state index in [0.29, 0.717) is 5.92 Å². The van der Waals surface area contributed by atoms with Crippen LogP contribution in [0.15, 0.2) is 11.8 Å². The van der Waals surface area contributed by atoms with E-state index in [1.54, 1.807) is 11.3 Å². The van der Waals surface area contributed by atoms with Gasteiger partial charge in [0.1, 0.15) is 0 Å². The maximum Gasteiger partial charge on any atom is 0.0900 e. The standard InChI is InChI=1S/C13H20N2S/c1-9(2)11(7-15-12-4-5-12)6-13-8-14-10(3)16-13/h6,8-9,12,15H,4-5,7H2,1-3H3. The molecule has 1 aromatic rings. The van der Waals surface area contributed by atoms with Gasteiger partial charge in [0, 0.05) is 23.7 Å². The van der Waals surface area contributed by atoms with Crippen LogP contribution in [-0.2, 0) is 0 Å². The Bertz CT molecular complexity index is 375. The molecule has 16 heavy (non-hydrogen) atoms. The third-order valence-electron chi connectivity index (χ3n) is 2.88. The van der Waals surface area contributed by atoms with E-state index in [0.717, 1.165) is 17.6 Å². The first-order chi connectivity index (χ1) is 7.65. The van der Waals surface area contributed by atoms with Gasteiger partial charge in [-0.3, -0.25) is 0 Å². The van der Waals surface area contributed by atoms with Crippen molar-refractivity contribution < 1.29 is 0 Å². The molecule has 0 spiro atoms. The Morgan fingerprint density at radius 1 is 1.62 bits per heavy atom. The molecule has 1 aliphatic carbocycles. The molecule has 0 unspecified atom stereocenters. The summed E-state index contributed by atoms with van der Waals surface area (Å²) in [5.74, 6) is 0.605. The van der Waals surface area contributed by atoms with Gasteiger partial charge in [0.25, 0.3) is 0 Å². The fourth-order valence-corrected chi connectivity index (χ4v) is 2.36. The lowest BCUT2D eigenvalue weighted by atomic mass is 10.0. The number of nitrogens with zero attached hydrogens (tertiary/aromatic N) is 1. The van der Waals surface area contributed by atoms with Crippen molar-refractivity contribution in [1.29, 1.82) is 0 Å². The molecule has 1 aliphatic rings. The summed E-state index contributed by atoms with van der Waals surface area (Å²) in [7, 11) is 0. The third kappa shape index (κ3) is 3.42. The lowest BCUT2D eigenvalue weighted by molar-refractivity contribution is 0.663. The quantitative estimate of drug-likeness (QED) is 0.849. The van der Waals surface area contributed by atoms with Crippen molar-refractivity contribution in [1.82, 2.24) is 10.3 Å². The zero-order valence-corrected chi connectivity index (χ0v) is 11.1. The summed E-state index contributed by atoms with van der Waals surface area (Å²) in [6, 6.07) is 0.783. The average molecular weight is 236 g/mol. The van der Waals surface area contributed by atoms with Crippen molar-refractivity contribution in [3.63, 3.8) is 0 Å². The Kier molecular flexibility index (Phi) is 3.77. The first kappa shape index (κ1) is 11.8. The van der Waals surface area contributed by atoms with Crippen LogP contribution in [0.1, 0.15) is 36.6 Å². The summed E-state index contributed by atoms with van der Waals surface area (Å²) < 4.78 is 0. The SMILES string of the molecule is Cc1ncc(C=C(CNC2CC2)C(C)C)s1. The molecule has 1 saturated carbocycles. The van der Waals surface area contributed by atoms with Gasteiger partial charge in [-0.2, -0.15) is 0 Å². The summed E-state index contributed by atoms with van der Waals surface area (Å²) in [6.07, 6.45) is 6.97. The maximum absolute atomic E-state index is 4.29. The topological polar surface area (TPSA) is 24.9 Å². The summed E-state index contributed by atoms with van der Waals surface area (Å²) in [6.45, 7) is 7.60. The number of aromatic nitrogens is 1. The van der Waals surface area contributed by atoms with Gasteiger partial charge >= 0.3 is 0 Å². The Balaban J connectivity index is 2.01. The minimum atomic E-state index is 0.605. The lowest BCUT2D eigenvalue weighted by Crippen LogP contribution is -2.21. The van der Waals surface area contributed by atoms with Crippen molar-refractivity contribution in [3.8, 4) is 0 Å². The molecule has 0 aromatic carbocycles. The summed E-state index contributed by atoms with van der Waals surface area (Å²) >= 11 is 1.77. The first-order valence-corrected chi connectivity index (χ1v) is 6.83. The molecule has 0 saturated heterocycles. The number of nitrogens with one attached hydrogen (secondary N) is 1. The summed E-state index contributed by atoms with van der Waals surface area (Å²) in [5.41, 5.74) is 1.48. The average Bonchev–Trinajstić information content (AvgIpc) is 2.96. The van der Waals surface area contributed by atoms with Gasteiger partial charge in [0.15, 0.2) is 0 Å². The Morgan fingerprint density at radius 2 is 2.38 bits per heavy atom. The molecule has 1 heterocycles. The van der Waals surface area contributed by atoms with Crippen molar-refractivity contribution >= 4 is 17.4 Å². The second kappa shape index (κ2) is 5.11. The fourth-order valence-electron chi connectivity index (χ4n) is 1.60. The molecule has 2 nitrogen and oxygen atoms in total. The normalized spacial score (nSPS) is 17.1. The molecule has 0 atom stereocenters. The zero-order chi connectivity index (χ0) is 11.5. The van der Waals surface area contributed by atoms with Crippen molar-refractivity contribution in [2.24, 2.45) is 5.92 Å². The van der Waals surface area contributed by atoms with Crippen LogP contribution < -0.4 is 5.32 Å². The fraction of sp³-hybridized carbons (Fsp3) is 0.615. The first-order valence-electron chi connectivity index (χ1n) is 6.01. The maximum atomic E-state index is 4.29. The van der Waals surface area contributed by atoms with Gasteiger partial charge in [-0.25, -0.2) is 4.98 Å². The van der Waals surface area contributed by atoms with E-state index in [9.17, 15) is 0 Å². The van der Waals surface area contributed by atoms with E-state index in [-0.39, 0.29) is 0 Å². The van der Waals surface area contributed by atoms with Gasteiger partial charge in [-0.05, 0) is 31.8 Å². The third-order valence-corrected chi connectivity index (χ3v) is 3.74. The number of aryl methyl sites for hydroxylation is 1. The van der Waals surface area contributed by atoms with Crippen molar-refractivity contribution in [2.45, 2.75) is 39.7 Å². The zero-order valence-electron chi connectivity index (χ0n) is 10.3. The predicted octanol–water partition coefficient (Wildman–Crippen LogP) is 3.24. The summed E-state index contributed by atoms with van der Waals surface area (Å²) in [5, 5.41) is 4.72. The molecule has 0 bridgehead atoms. The Morgan fingerprint density at radius 3 is 2.88 bits per heavy atom. The lowest BCUT2D eigenvalue weighted by Gasteiger charge is -2.11. The van der Waals surface area contributed by atoms with E-state index < -0.39 is 0 Å². The highest BCUT2D eigenvalue weighted by atomic mass is 32.1. The largest absolute Gasteiger partial charge is 0.310 e. The van der Waals surface area contributed by atoms with E-state index in [2.05, 4.69) is 37.1 Å². The van der Waals surface area contributed by atoms with Crippen LogP contribution in [0.3, 0.4) is 0 Å². The minimum absolute atomic E-state index is 0.605. The second-order valence-corrected chi connectivity index (χ2v) is 6.08. The van der Waals surface area contributed by atoms with E-state index in [1.807, 2.05) is 6.20 Å². The molecule has 0 amide bonds. The molecule has 88 valence electrons. The van der Waals surface area contributed by atoms with Crippen LogP contribution in [0.5, 0.6) is 0 Å². The molecule has 1 aromatic heterocycles. The smallest absolute Gasteiger partial charge is 0.0900 e. The van der Waals surface area contributed by atoms with Gasteiger partial charge in [0.05, 0.1) is 5.01 Å². The van der Waals surface area contributed by atoms with Crippen LogP contribution in [0.2, 0.25) is 0 Å². The second-order valence-electron chi connectivity index (χ2n) is 4.81. The highest BCUT2D eigenvalue weighted by molar-refractivity contribution is 7.12. The van der Waals surface area contributed by atoms with Crippen molar-refractivity contribution in [2.75, 3.05) is 6.54 Å². The van der Waals surface area contributed by atoms with Crippen molar-refractivity contribution in [3.05, 3.63) is 21.7 Å². The Hall–Kier alpha value is -0.670. The van der Waals surface area contributed by atoms with Crippen LogP contribution in [0, 0.1) is 12.8 Å². The predicted molar refractivity (Wildman–Crippen MR) is 70.7 cm³/mol. The van der Waals surface area contributed by atoms with Gasteiger partial charge in [-0.15, -0.1) is 11.3 Å². The number of rotatable bonds is 5. The molecule has 0 radical (unpaired) electrons. The van der Waals surface area contributed by atoms with Gasteiger partial charge in [-0.1, -0.05) is 19.4 Å². The van der Waals surface area contributed by atoms with Gasteiger partial charge in [0.2, 0.25) is 0 Å². The molecule has 3 heteroatoms. The molecular formula is C13H20N2S. The Labute approximate surface area is 102 Å². The highest BCUT2D eigenvalue weighted by Crippen LogP contribution is 2.22. The molecule has 1 N–H and O–H groups in total. The van der Waals surface area contributed by atoms with E-state index >= 15 is 0 Å². The van der Waals surface area contributed by atoms with Crippen LogP contribution in [0.4, 0.5) is 0 Å². The number of hydrogen-bond donors (Lipinski definition) is 1. The monoisotopic (exact) mass is 236 g/mol. The molecule has 2 rings (SSSR count). The molecular weight excluding hydrogens is 216 g/mol. The van der Waals surface area contributed by atoms with Crippen LogP contribution >= 0.6 is 11.3 Å². The van der Waals surface area contributed by atoms with E-state index in [4.69, 9.17) is 0 Å². The highest BCUT2D eigenvalue weighted by Gasteiger charge is 2.20. The van der Waals surface area contributed by atoms with Crippen LogP contribution in [-0.4, -0.2) is 17.6 Å². The van der Waals surface area contributed by atoms with Crippen LogP contribution in [0.25, 0.3) is 6.08 Å². The molecule has 1 fully saturated rings. The van der Waals surface area contributed by atoms with E-state index in [1.165, 1.54) is 23.3 Å². The number of hydrogen-bond acceptors (Lipinski definition) is 3. The van der Waals surface area contributed by atoms with Gasteiger partial charge < -0.3 is 5.32 Å². The molecule has 0 aliphatic heterocycles. The minimum Gasteiger partial charge on any atom is -0.310 e. The number of thiazole rings is 1. The summed E-state index contributed by atoms with van der Waals surface area (Å²) in [4.78, 5) is 5.57.